The maximum absolute atomic E-state index is 11.6. The van der Waals surface area contributed by atoms with Crippen molar-refractivity contribution in [1.29, 1.82) is 0 Å². The van der Waals surface area contributed by atoms with Crippen molar-refractivity contribution in [3.8, 4) is 0 Å². The Labute approximate surface area is 91.6 Å². The van der Waals surface area contributed by atoms with E-state index in [1.807, 2.05) is 0 Å². The van der Waals surface area contributed by atoms with Crippen LogP contribution in [0.3, 0.4) is 0 Å². The topological polar surface area (TPSA) is 38.3 Å². The van der Waals surface area contributed by atoms with Crippen molar-refractivity contribution in [2.45, 2.75) is 45.1 Å². The minimum atomic E-state index is 0.0603. The number of carbonyl (C=O) groups is 1. The van der Waals surface area contributed by atoms with E-state index in [9.17, 15) is 4.79 Å². The molecule has 86 valence electrons. The Morgan fingerprint density at radius 2 is 2.20 bits per heavy atom. The normalized spacial score (nSPS) is 31.6. The molecule has 3 nitrogen and oxygen atoms in total. The molecule has 2 saturated heterocycles. The van der Waals surface area contributed by atoms with Crippen LogP contribution < -0.4 is 5.32 Å². The summed E-state index contributed by atoms with van der Waals surface area (Å²) in [4.78, 5) is 11.6. The Balaban J connectivity index is 2.16. The van der Waals surface area contributed by atoms with Crippen LogP contribution in [-0.2, 0) is 9.53 Å². The molecular formula is C12H21NO2. The fraction of sp³-hybridized carbons (Fsp3) is 0.917. The highest BCUT2D eigenvalue weighted by Crippen LogP contribution is 2.41. The van der Waals surface area contributed by atoms with Crippen molar-refractivity contribution in [2.75, 3.05) is 13.2 Å². The Morgan fingerprint density at radius 3 is 2.80 bits per heavy atom. The molecule has 15 heavy (non-hydrogen) atoms. The number of rotatable bonds is 2. The Hall–Kier alpha value is -0.570. The molecule has 1 amide bonds. The Morgan fingerprint density at radius 1 is 1.53 bits per heavy atom. The average molecular weight is 211 g/mol. The lowest BCUT2D eigenvalue weighted by Crippen LogP contribution is -2.51. The summed E-state index contributed by atoms with van der Waals surface area (Å²) in [7, 11) is 0. The van der Waals surface area contributed by atoms with Crippen molar-refractivity contribution in [2.24, 2.45) is 11.8 Å². The predicted octanol–water partition coefficient (Wildman–Crippen LogP) is 1.72. The van der Waals surface area contributed by atoms with Crippen molar-refractivity contribution >= 4 is 5.91 Å². The van der Waals surface area contributed by atoms with E-state index in [1.54, 1.807) is 0 Å². The molecule has 0 saturated carbocycles. The molecular weight excluding hydrogens is 190 g/mol. The average Bonchev–Trinajstić information content (AvgIpc) is 2.55. The van der Waals surface area contributed by atoms with Gasteiger partial charge in [0, 0.05) is 25.2 Å². The second-order valence-electron chi connectivity index (χ2n) is 5.01. The van der Waals surface area contributed by atoms with Crippen LogP contribution in [0.1, 0.15) is 39.5 Å². The van der Waals surface area contributed by atoms with E-state index >= 15 is 0 Å². The van der Waals surface area contributed by atoms with Gasteiger partial charge >= 0.3 is 0 Å². The van der Waals surface area contributed by atoms with Gasteiger partial charge in [0.1, 0.15) is 0 Å². The number of hydrogen-bond donors (Lipinski definition) is 1. The van der Waals surface area contributed by atoms with Crippen LogP contribution in [0.2, 0.25) is 0 Å². The van der Waals surface area contributed by atoms with Gasteiger partial charge in [0.25, 0.3) is 0 Å². The van der Waals surface area contributed by atoms with Gasteiger partial charge in [-0.1, -0.05) is 20.3 Å². The van der Waals surface area contributed by atoms with E-state index in [-0.39, 0.29) is 11.4 Å². The monoisotopic (exact) mass is 211 g/mol. The van der Waals surface area contributed by atoms with Gasteiger partial charge < -0.3 is 10.1 Å². The third-order valence-electron chi connectivity index (χ3n) is 4.22. The zero-order valence-electron chi connectivity index (χ0n) is 9.71. The van der Waals surface area contributed by atoms with Gasteiger partial charge in [-0.05, 0) is 24.7 Å². The predicted molar refractivity (Wildman–Crippen MR) is 58.5 cm³/mol. The maximum atomic E-state index is 11.6. The number of nitrogens with one attached hydrogen (secondary N) is 1. The van der Waals surface area contributed by atoms with Crippen LogP contribution in [0.15, 0.2) is 0 Å². The highest BCUT2D eigenvalue weighted by Gasteiger charge is 2.48. The van der Waals surface area contributed by atoms with E-state index in [0.29, 0.717) is 11.8 Å². The lowest BCUT2D eigenvalue weighted by molar-refractivity contribution is -0.120. The molecule has 2 atom stereocenters. The molecule has 2 rings (SSSR count). The molecule has 2 aliphatic heterocycles. The van der Waals surface area contributed by atoms with Crippen molar-refractivity contribution in [3.05, 3.63) is 0 Å². The van der Waals surface area contributed by atoms with Gasteiger partial charge in [0.15, 0.2) is 0 Å². The van der Waals surface area contributed by atoms with Gasteiger partial charge in [-0.25, -0.2) is 0 Å². The molecule has 1 spiro atoms. The van der Waals surface area contributed by atoms with E-state index in [0.717, 1.165) is 38.9 Å². The van der Waals surface area contributed by atoms with Crippen LogP contribution in [0, 0.1) is 11.8 Å². The first-order valence-corrected chi connectivity index (χ1v) is 6.07. The first-order chi connectivity index (χ1) is 7.18. The molecule has 2 fully saturated rings. The summed E-state index contributed by atoms with van der Waals surface area (Å²) in [5.74, 6) is 1.38. The van der Waals surface area contributed by atoms with Crippen molar-refractivity contribution < 1.29 is 9.53 Å². The summed E-state index contributed by atoms with van der Waals surface area (Å²) >= 11 is 0. The van der Waals surface area contributed by atoms with Gasteiger partial charge in [0.2, 0.25) is 5.91 Å². The quantitative estimate of drug-likeness (QED) is 0.755. The first kappa shape index (κ1) is 10.9. The maximum Gasteiger partial charge on any atom is 0.220 e. The van der Waals surface area contributed by atoms with Crippen molar-refractivity contribution in [3.63, 3.8) is 0 Å². The van der Waals surface area contributed by atoms with Gasteiger partial charge in [0.05, 0.1) is 0 Å². The molecule has 2 aliphatic rings. The van der Waals surface area contributed by atoms with Crippen LogP contribution in [-0.4, -0.2) is 24.7 Å². The van der Waals surface area contributed by atoms with Gasteiger partial charge in [-0.15, -0.1) is 0 Å². The highest BCUT2D eigenvalue weighted by molar-refractivity contribution is 5.80. The molecule has 2 heterocycles. The van der Waals surface area contributed by atoms with E-state index in [4.69, 9.17) is 4.74 Å². The summed E-state index contributed by atoms with van der Waals surface area (Å²) in [5.41, 5.74) is 0.0603. The second kappa shape index (κ2) is 4.12. The van der Waals surface area contributed by atoms with Crippen LogP contribution in [0.4, 0.5) is 0 Å². The molecule has 0 aromatic carbocycles. The number of ether oxygens (including phenoxy) is 1. The largest absolute Gasteiger partial charge is 0.381 e. The second-order valence-corrected chi connectivity index (χ2v) is 5.01. The molecule has 1 N–H and O–H groups in total. The van der Waals surface area contributed by atoms with Gasteiger partial charge in [-0.2, -0.15) is 0 Å². The standard InChI is InChI=1S/C12H21NO2/c1-3-9(2)10-8-11(14)13-12(10)4-6-15-7-5-12/h9-10H,3-8H2,1-2H3,(H,13,14). The molecule has 0 bridgehead atoms. The third kappa shape index (κ3) is 1.89. The minimum absolute atomic E-state index is 0.0603. The van der Waals surface area contributed by atoms with E-state index in [2.05, 4.69) is 19.2 Å². The Bertz CT molecular complexity index is 246. The lowest BCUT2D eigenvalue weighted by Gasteiger charge is -2.40. The Kier molecular flexibility index (Phi) is 3.01. The van der Waals surface area contributed by atoms with E-state index in [1.165, 1.54) is 0 Å². The fourth-order valence-electron chi connectivity index (χ4n) is 3.08. The highest BCUT2D eigenvalue weighted by atomic mass is 16.5. The molecule has 2 unspecified atom stereocenters. The number of amides is 1. The summed E-state index contributed by atoms with van der Waals surface area (Å²) in [6.45, 7) is 6.07. The number of hydrogen-bond acceptors (Lipinski definition) is 2. The first-order valence-electron chi connectivity index (χ1n) is 6.07. The lowest BCUT2D eigenvalue weighted by atomic mass is 9.72. The zero-order chi connectivity index (χ0) is 10.9. The van der Waals surface area contributed by atoms with Crippen molar-refractivity contribution in [1.82, 2.24) is 5.32 Å². The summed E-state index contributed by atoms with van der Waals surface area (Å²) in [6, 6.07) is 0. The molecule has 3 heteroatoms. The van der Waals surface area contributed by atoms with Crippen LogP contribution >= 0.6 is 0 Å². The minimum Gasteiger partial charge on any atom is -0.381 e. The smallest absolute Gasteiger partial charge is 0.220 e. The summed E-state index contributed by atoms with van der Waals surface area (Å²) in [5, 5.41) is 3.22. The summed E-state index contributed by atoms with van der Waals surface area (Å²) < 4.78 is 5.40. The SMILES string of the molecule is CCC(C)C1CC(=O)NC12CCOCC2. The molecule has 0 aromatic rings. The molecule has 0 aliphatic carbocycles. The molecule has 0 aromatic heterocycles. The summed E-state index contributed by atoms with van der Waals surface area (Å²) in [6.07, 6.45) is 3.86. The molecule has 0 radical (unpaired) electrons. The van der Waals surface area contributed by atoms with Crippen LogP contribution in [0.5, 0.6) is 0 Å². The number of carbonyl (C=O) groups excluding carboxylic acids is 1. The fourth-order valence-corrected chi connectivity index (χ4v) is 3.08. The third-order valence-corrected chi connectivity index (χ3v) is 4.22. The zero-order valence-corrected chi connectivity index (χ0v) is 9.71. The van der Waals surface area contributed by atoms with Crippen LogP contribution in [0.25, 0.3) is 0 Å². The van der Waals surface area contributed by atoms with Gasteiger partial charge in [-0.3, -0.25) is 4.79 Å². The van der Waals surface area contributed by atoms with E-state index < -0.39 is 0 Å².